The molecule has 1 fully saturated rings. The number of nitrogens with zero attached hydrogens (tertiary/aromatic N) is 3. The van der Waals surface area contributed by atoms with Crippen LogP contribution in [0.15, 0.2) is 35.7 Å². The van der Waals surface area contributed by atoms with Gasteiger partial charge in [0.15, 0.2) is 0 Å². The van der Waals surface area contributed by atoms with E-state index in [1.807, 2.05) is 13.8 Å². The minimum Gasteiger partial charge on any atom is -0.620 e. The van der Waals surface area contributed by atoms with Gasteiger partial charge in [0, 0.05) is 28.9 Å². The van der Waals surface area contributed by atoms with Crippen LogP contribution in [0.25, 0.3) is 0 Å². The van der Waals surface area contributed by atoms with Gasteiger partial charge in [-0.15, -0.1) is 0 Å². The number of aryl methyl sites for hydroxylation is 1. The van der Waals surface area contributed by atoms with Crippen LogP contribution >= 0.6 is 0 Å². The molecule has 0 saturated heterocycles. The maximum Gasteiger partial charge on any atom is 0.349 e. The maximum atomic E-state index is 13.5. The zero-order valence-corrected chi connectivity index (χ0v) is 18.8. The first-order valence-corrected chi connectivity index (χ1v) is 10.9. The summed E-state index contributed by atoms with van der Waals surface area (Å²) in [7, 11) is 1.33. The zero-order chi connectivity index (χ0) is 22.8. The van der Waals surface area contributed by atoms with E-state index in [0.717, 1.165) is 29.7 Å². The summed E-state index contributed by atoms with van der Waals surface area (Å²) in [5, 5.41) is 26.2. The Morgan fingerprint density at radius 1 is 1.38 bits per heavy atom. The fourth-order valence-corrected chi connectivity index (χ4v) is 5.10. The minimum absolute atomic E-state index is 0.141. The van der Waals surface area contributed by atoms with Crippen LogP contribution in [-0.4, -0.2) is 24.5 Å². The molecular weight excluding hydrogens is 404 g/mol. The Morgan fingerprint density at radius 2 is 2.12 bits per heavy atom. The minimum atomic E-state index is -1.18. The summed E-state index contributed by atoms with van der Waals surface area (Å²) in [6, 6.07) is 7.10. The Kier molecular flexibility index (Phi) is 4.45. The first-order valence-electron chi connectivity index (χ1n) is 10.9. The molecule has 2 atom stereocenters. The van der Waals surface area contributed by atoms with E-state index in [0.29, 0.717) is 40.6 Å². The van der Waals surface area contributed by atoms with E-state index in [2.05, 4.69) is 23.3 Å². The quantitative estimate of drug-likeness (QED) is 0.563. The molecule has 0 spiro atoms. The van der Waals surface area contributed by atoms with Crippen molar-refractivity contribution in [3.63, 3.8) is 0 Å². The number of hydrogen-bond acceptors (Lipinski definition) is 6. The second kappa shape index (κ2) is 6.89. The number of carbonyl (C=O) groups is 1. The lowest BCUT2D eigenvalue weighted by atomic mass is 9.71. The number of pyridine rings is 1. The number of fused-ring (bicyclic) bond motifs is 5. The van der Waals surface area contributed by atoms with Crippen molar-refractivity contribution in [1.29, 1.82) is 5.26 Å². The maximum absolute atomic E-state index is 13.5. The molecule has 5 rings (SSSR count). The molecule has 7 nitrogen and oxygen atoms in total. The number of quaternary nitrogens is 1. The molecule has 1 aromatic carbocycles. The van der Waals surface area contributed by atoms with Crippen LogP contribution in [0.5, 0.6) is 5.88 Å². The molecule has 3 heterocycles. The third kappa shape index (κ3) is 2.87. The van der Waals surface area contributed by atoms with E-state index >= 15 is 0 Å². The van der Waals surface area contributed by atoms with Gasteiger partial charge >= 0.3 is 5.91 Å². The number of nitrogens with one attached hydrogen (secondary N) is 1. The van der Waals surface area contributed by atoms with Crippen LogP contribution in [0.1, 0.15) is 61.3 Å². The first-order chi connectivity index (χ1) is 15.2. The molecule has 1 unspecified atom stereocenters. The topological polar surface area (TPSA) is 98.1 Å². The molecule has 2 aromatic rings. The standard InChI is InChI=1S/C25H26N4O3/c1-14-12-27-23(32-13-25(3)8-5-9-25)21-20-17-7-6-16(11-26)10-18(17)29(4,31)24(30)19(20)15(2)28-22(14)21/h6-7,10,12,20,28H,5,8-9,13H2,1-4H3/t20-,29?/m0/s1. The van der Waals surface area contributed by atoms with Crippen LogP contribution in [0.3, 0.4) is 0 Å². The average Bonchev–Trinajstić information content (AvgIpc) is 2.75. The number of aromatic nitrogens is 1. The summed E-state index contributed by atoms with van der Waals surface area (Å²) in [5.74, 6) is -0.517. The predicted octanol–water partition coefficient (Wildman–Crippen LogP) is 4.64. The van der Waals surface area contributed by atoms with E-state index in [9.17, 15) is 15.3 Å². The van der Waals surface area contributed by atoms with E-state index in [1.54, 1.807) is 18.3 Å². The lowest BCUT2D eigenvalue weighted by Crippen LogP contribution is -2.51. The molecule has 0 radical (unpaired) electrons. The van der Waals surface area contributed by atoms with Crippen LogP contribution in [0, 0.1) is 28.9 Å². The number of rotatable bonds is 3. The van der Waals surface area contributed by atoms with Gasteiger partial charge in [-0.2, -0.15) is 5.26 Å². The zero-order valence-electron chi connectivity index (χ0n) is 18.8. The van der Waals surface area contributed by atoms with Crippen molar-refractivity contribution >= 4 is 17.3 Å². The normalized spacial score (nSPS) is 25.0. The van der Waals surface area contributed by atoms with E-state index in [-0.39, 0.29) is 5.41 Å². The second-order valence-corrected chi connectivity index (χ2v) is 9.70. The third-order valence-corrected chi connectivity index (χ3v) is 7.23. The van der Waals surface area contributed by atoms with Crippen molar-refractivity contribution in [3.05, 3.63) is 63.1 Å². The van der Waals surface area contributed by atoms with Crippen LogP contribution in [-0.2, 0) is 4.79 Å². The van der Waals surface area contributed by atoms with E-state index in [4.69, 9.17) is 4.74 Å². The monoisotopic (exact) mass is 430 g/mol. The van der Waals surface area contributed by atoms with Crippen molar-refractivity contribution in [3.8, 4) is 11.9 Å². The van der Waals surface area contributed by atoms with Gasteiger partial charge in [0.2, 0.25) is 5.88 Å². The van der Waals surface area contributed by atoms with Gasteiger partial charge in [-0.25, -0.2) is 9.78 Å². The summed E-state index contributed by atoms with van der Waals surface area (Å²) in [6.45, 7) is 6.57. The molecule has 32 heavy (non-hydrogen) atoms. The number of hydroxylamine groups is 2. The fourth-order valence-electron chi connectivity index (χ4n) is 5.10. The molecule has 1 aliphatic carbocycles. The van der Waals surface area contributed by atoms with Gasteiger partial charge < -0.3 is 15.3 Å². The van der Waals surface area contributed by atoms with Gasteiger partial charge in [-0.05, 0) is 38.3 Å². The molecule has 1 amide bonds. The van der Waals surface area contributed by atoms with Crippen LogP contribution in [0.2, 0.25) is 0 Å². The fraction of sp³-hybridized carbons (Fsp3) is 0.400. The number of benzene rings is 1. The molecule has 1 saturated carbocycles. The van der Waals surface area contributed by atoms with Gasteiger partial charge in [0.25, 0.3) is 0 Å². The van der Waals surface area contributed by atoms with Crippen molar-refractivity contribution < 1.29 is 9.53 Å². The Hall–Kier alpha value is -3.21. The largest absolute Gasteiger partial charge is 0.620 e. The molecule has 1 aromatic heterocycles. The molecular formula is C25H26N4O3. The van der Waals surface area contributed by atoms with Crippen LogP contribution < -0.4 is 14.7 Å². The number of nitriles is 1. The number of carbonyl (C=O) groups excluding carboxylic acids is 1. The molecule has 7 heteroatoms. The Bertz CT molecular complexity index is 1230. The van der Waals surface area contributed by atoms with Gasteiger partial charge in [0.05, 0.1) is 48.0 Å². The number of allylic oxidation sites excluding steroid dienone is 1. The highest BCUT2D eigenvalue weighted by molar-refractivity contribution is 6.09. The number of ether oxygens (including phenoxy) is 1. The summed E-state index contributed by atoms with van der Waals surface area (Å²) in [6.07, 6.45) is 5.23. The number of anilines is 1. The Labute approximate surface area is 187 Å². The average molecular weight is 431 g/mol. The number of amides is 1. The molecule has 164 valence electrons. The highest BCUT2D eigenvalue weighted by Gasteiger charge is 2.48. The van der Waals surface area contributed by atoms with Crippen molar-refractivity contribution in [2.75, 3.05) is 19.0 Å². The summed E-state index contributed by atoms with van der Waals surface area (Å²) in [5.41, 5.74) is 5.18. The lowest BCUT2D eigenvalue weighted by molar-refractivity contribution is -0.123. The van der Waals surface area contributed by atoms with E-state index < -0.39 is 16.5 Å². The Morgan fingerprint density at radius 3 is 2.78 bits per heavy atom. The molecule has 0 bridgehead atoms. The number of likely N-dealkylation sites (N-methyl/N-ethyl adjacent to an activating group) is 1. The van der Waals surface area contributed by atoms with Gasteiger partial charge in [0.1, 0.15) is 5.69 Å². The summed E-state index contributed by atoms with van der Waals surface area (Å²) in [4.78, 5) is 18.1. The first kappa shape index (κ1) is 20.7. The highest BCUT2D eigenvalue weighted by atomic mass is 16.6. The molecule has 1 N–H and O–H groups in total. The van der Waals surface area contributed by atoms with Gasteiger partial charge in [-0.1, -0.05) is 19.4 Å². The summed E-state index contributed by atoms with van der Waals surface area (Å²) >= 11 is 0. The van der Waals surface area contributed by atoms with Crippen LogP contribution in [0.4, 0.5) is 11.4 Å². The van der Waals surface area contributed by atoms with E-state index in [1.165, 1.54) is 19.5 Å². The number of hydrogen-bond donors (Lipinski definition) is 1. The molecule has 3 aliphatic rings. The van der Waals surface area contributed by atoms with Crippen molar-refractivity contribution in [2.24, 2.45) is 5.41 Å². The van der Waals surface area contributed by atoms with Crippen molar-refractivity contribution in [1.82, 2.24) is 9.63 Å². The smallest absolute Gasteiger partial charge is 0.349 e. The SMILES string of the molecule is CC1=C2C(=O)[N+](C)([O-])c3cc(C#N)ccc3[C@@H]2c2c(OCC3(C)CCC3)ncc(C)c2N1. The van der Waals surface area contributed by atoms with Gasteiger partial charge in [-0.3, -0.25) is 4.65 Å². The molecule has 2 aliphatic heterocycles. The van der Waals surface area contributed by atoms with Crippen molar-refractivity contribution in [2.45, 2.75) is 46.0 Å². The highest BCUT2D eigenvalue weighted by Crippen LogP contribution is 2.53. The lowest BCUT2D eigenvalue weighted by Gasteiger charge is -2.45. The third-order valence-electron chi connectivity index (χ3n) is 7.23. The predicted molar refractivity (Wildman–Crippen MR) is 122 cm³/mol. The second-order valence-electron chi connectivity index (χ2n) is 9.70. The Balaban J connectivity index is 1.72. The summed E-state index contributed by atoms with van der Waals surface area (Å²) < 4.78 is 5.10.